The van der Waals surface area contributed by atoms with Crippen molar-refractivity contribution in [2.75, 3.05) is 33.4 Å². The van der Waals surface area contributed by atoms with Gasteiger partial charge in [-0.25, -0.2) is 0 Å². The minimum Gasteiger partial charge on any atom is -0.381 e. The lowest BCUT2D eigenvalue weighted by molar-refractivity contribution is 0.0390. The Kier molecular flexibility index (Phi) is 4.62. The van der Waals surface area contributed by atoms with E-state index in [4.69, 9.17) is 4.74 Å². The molecular weight excluding hydrogens is 200 g/mol. The molecule has 2 fully saturated rings. The van der Waals surface area contributed by atoms with E-state index in [9.17, 15) is 0 Å². The molecule has 1 saturated carbocycles. The molecule has 2 aliphatic rings. The Labute approximate surface area is 99.5 Å². The summed E-state index contributed by atoms with van der Waals surface area (Å²) in [6.45, 7) is 6.64. The summed E-state index contributed by atoms with van der Waals surface area (Å²) in [6, 6.07) is 1.59. The van der Waals surface area contributed by atoms with Crippen molar-refractivity contribution in [2.45, 2.75) is 44.7 Å². The highest BCUT2D eigenvalue weighted by Crippen LogP contribution is 2.19. The average molecular weight is 226 g/mol. The van der Waals surface area contributed by atoms with Crippen LogP contribution >= 0.6 is 0 Å². The molecule has 0 aromatic carbocycles. The summed E-state index contributed by atoms with van der Waals surface area (Å²) in [6.07, 6.45) is 5.20. The molecule has 0 bridgehead atoms. The van der Waals surface area contributed by atoms with Gasteiger partial charge < -0.3 is 15.0 Å². The van der Waals surface area contributed by atoms with E-state index in [0.29, 0.717) is 0 Å². The van der Waals surface area contributed by atoms with Gasteiger partial charge in [0.05, 0.1) is 0 Å². The van der Waals surface area contributed by atoms with E-state index < -0.39 is 0 Å². The van der Waals surface area contributed by atoms with E-state index in [1.54, 1.807) is 0 Å². The summed E-state index contributed by atoms with van der Waals surface area (Å²) in [5.74, 6) is 0.758. The molecule has 1 N–H and O–H groups in total. The van der Waals surface area contributed by atoms with Gasteiger partial charge in [0.1, 0.15) is 0 Å². The lowest BCUT2D eigenvalue weighted by atomic mass is 10.1. The number of ether oxygens (including phenoxy) is 1. The highest BCUT2D eigenvalue weighted by Gasteiger charge is 2.23. The summed E-state index contributed by atoms with van der Waals surface area (Å²) in [7, 11) is 2.27. The van der Waals surface area contributed by atoms with Crippen LogP contribution in [0.15, 0.2) is 0 Å². The van der Waals surface area contributed by atoms with Crippen LogP contribution in [0.2, 0.25) is 0 Å². The molecule has 94 valence electrons. The van der Waals surface area contributed by atoms with Gasteiger partial charge in [0.25, 0.3) is 0 Å². The Morgan fingerprint density at radius 1 is 1.25 bits per heavy atom. The third-order valence-electron chi connectivity index (χ3n) is 3.75. The van der Waals surface area contributed by atoms with E-state index in [1.165, 1.54) is 38.8 Å². The molecule has 1 aliphatic heterocycles. The predicted octanol–water partition coefficient (Wildman–Crippen LogP) is 1.49. The molecule has 3 heteroatoms. The third kappa shape index (κ3) is 4.04. The first kappa shape index (κ1) is 12.3. The summed E-state index contributed by atoms with van der Waals surface area (Å²) < 4.78 is 5.40. The molecule has 3 nitrogen and oxygen atoms in total. The molecule has 1 atom stereocenters. The van der Waals surface area contributed by atoms with Gasteiger partial charge in [0, 0.05) is 31.8 Å². The van der Waals surface area contributed by atoms with Crippen LogP contribution in [0.3, 0.4) is 0 Å². The van der Waals surface area contributed by atoms with Crippen molar-refractivity contribution < 1.29 is 4.74 Å². The van der Waals surface area contributed by atoms with Crippen LogP contribution in [0.5, 0.6) is 0 Å². The number of hydrogen-bond acceptors (Lipinski definition) is 3. The van der Waals surface area contributed by atoms with E-state index in [0.717, 1.165) is 31.2 Å². The lowest BCUT2D eigenvalue weighted by Crippen LogP contribution is -2.40. The standard InChI is InChI=1S/C13H26N2O/c1-11(9-14-12-3-4-12)10-15(2)13-5-7-16-8-6-13/h11-14H,3-10H2,1-2H3. The van der Waals surface area contributed by atoms with Crippen LogP contribution in [-0.2, 0) is 4.74 Å². The largest absolute Gasteiger partial charge is 0.381 e. The summed E-state index contributed by atoms with van der Waals surface area (Å²) >= 11 is 0. The zero-order valence-corrected chi connectivity index (χ0v) is 10.7. The minimum absolute atomic E-state index is 0.747. The molecule has 16 heavy (non-hydrogen) atoms. The first-order valence-electron chi connectivity index (χ1n) is 6.77. The number of rotatable bonds is 6. The van der Waals surface area contributed by atoms with E-state index in [1.807, 2.05) is 0 Å². The van der Waals surface area contributed by atoms with Gasteiger partial charge in [0.2, 0.25) is 0 Å². The normalized spacial score (nSPS) is 24.9. The number of hydrogen-bond donors (Lipinski definition) is 1. The van der Waals surface area contributed by atoms with Gasteiger partial charge in [-0.15, -0.1) is 0 Å². The Morgan fingerprint density at radius 3 is 2.56 bits per heavy atom. The van der Waals surface area contributed by atoms with E-state index in [-0.39, 0.29) is 0 Å². The van der Waals surface area contributed by atoms with E-state index >= 15 is 0 Å². The first-order valence-corrected chi connectivity index (χ1v) is 6.77. The maximum absolute atomic E-state index is 5.40. The van der Waals surface area contributed by atoms with Crippen LogP contribution in [-0.4, -0.2) is 50.3 Å². The second-order valence-corrected chi connectivity index (χ2v) is 5.57. The summed E-state index contributed by atoms with van der Waals surface area (Å²) in [5.41, 5.74) is 0. The molecular formula is C13H26N2O. The Balaban J connectivity index is 1.61. The number of nitrogens with zero attached hydrogens (tertiary/aromatic N) is 1. The monoisotopic (exact) mass is 226 g/mol. The van der Waals surface area contributed by atoms with Crippen molar-refractivity contribution in [2.24, 2.45) is 5.92 Å². The van der Waals surface area contributed by atoms with Gasteiger partial charge in [-0.05, 0) is 45.2 Å². The van der Waals surface area contributed by atoms with Crippen molar-refractivity contribution >= 4 is 0 Å². The highest BCUT2D eigenvalue weighted by atomic mass is 16.5. The SMILES string of the molecule is CC(CNC1CC1)CN(C)C1CCOCC1. The molecule has 0 aromatic rings. The lowest BCUT2D eigenvalue weighted by Gasteiger charge is -2.33. The fraction of sp³-hybridized carbons (Fsp3) is 1.00. The Morgan fingerprint density at radius 2 is 1.94 bits per heavy atom. The van der Waals surface area contributed by atoms with Crippen LogP contribution in [0, 0.1) is 5.92 Å². The van der Waals surface area contributed by atoms with Gasteiger partial charge in [-0.2, -0.15) is 0 Å². The Bertz CT molecular complexity index is 200. The zero-order valence-electron chi connectivity index (χ0n) is 10.7. The summed E-state index contributed by atoms with van der Waals surface area (Å²) in [5, 5.41) is 3.61. The molecule has 0 spiro atoms. The van der Waals surface area contributed by atoms with E-state index in [2.05, 4.69) is 24.2 Å². The van der Waals surface area contributed by atoms with Crippen LogP contribution in [0.4, 0.5) is 0 Å². The maximum atomic E-state index is 5.40. The molecule has 1 heterocycles. The van der Waals surface area contributed by atoms with Gasteiger partial charge in [-0.1, -0.05) is 6.92 Å². The van der Waals surface area contributed by atoms with Crippen molar-refractivity contribution in [1.82, 2.24) is 10.2 Å². The topological polar surface area (TPSA) is 24.5 Å². The molecule has 0 aromatic heterocycles. The fourth-order valence-electron chi connectivity index (χ4n) is 2.49. The second-order valence-electron chi connectivity index (χ2n) is 5.57. The molecule has 1 saturated heterocycles. The van der Waals surface area contributed by atoms with Crippen LogP contribution in [0.25, 0.3) is 0 Å². The molecule has 2 rings (SSSR count). The van der Waals surface area contributed by atoms with Crippen molar-refractivity contribution in [1.29, 1.82) is 0 Å². The average Bonchev–Trinajstić information content (AvgIpc) is 3.11. The van der Waals surface area contributed by atoms with Crippen molar-refractivity contribution in [3.8, 4) is 0 Å². The van der Waals surface area contributed by atoms with Crippen molar-refractivity contribution in [3.63, 3.8) is 0 Å². The van der Waals surface area contributed by atoms with Crippen LogP contribution in [0.1, 0.15) is 32.6 Å². The van der Waals surface area contributed by atoms with Gasteiger partial charge in [0.15, 0.2) is 0 Å². The first-order chi connectivity index (χ1) is 7.75. The van der Waals surface area contributed by atoms with Gasteiger partial charge >= 0.3 is 0 Å². The second kappa shape index (κ2) is 5.99. The quantitative estimate of drug-likeness (QED) is 0.742. The summed E-state index contributed by atoms with van der Waals surface area (Å²) in [4.78, 5) is 2.53. The van der Waals surface area contributed by atoms with Crippen molar-refractivity contribution in [3.05, 3.63) is 0 Å². The van der Waals surface area contributed by atoms with Gasteiger partial charge in [-0.3, -0.25) is 0 Å². The fourth-order valence-corrected chi connectivity index (χ4v) is 2.49. The smallest absolute Gasteiger partial charge is 0.0480 e. The maximum Gasteiger partial charge on any atom is 0.0480 e. The predicted molar refractivity (Wildman–Crippen MR) is 66.7 cm³/mol. The molecule has 1 unspecified atom stereocenters. The van der Waals surface area contributed by atoms with Crippen LogP contribution < -0.4 is 5.32 Å². The minimum atomic E-state index is 0.747. The highest BCUT2D eigenvalue weighted by molar-refractivity contribution is 4.82. The molecule has 0 radical (unpaired) electrons. The third-order valence-corrected chi connectivity index (χ3v) is 3.75. The zero-order chi connectivity index (χ0) is 11.4. The molecule has 0 amide bonds. The Hall–Kier alpha value is -0.120. The number of nitrogens with one attached hydrogen (secondary N) is 1. The molecule has 1 aliphatic carbocycles.